The van der Waals surface area contributed by atoms with Gasteiger partial charge in [-0.1, -0.05) is 55.7 Å². The Labute approximate surface area is 167 Å². The molecule has 0 radical (unpaired) electrons. The van der Waals surface area contributed by atoms with Gasteiger partial charge in [-0.3, -0.25) is 9.36 Å². The number of benzene rings is 2. The highest BCUT2D eigenvalue weighted by Gasteiger charge is 2.14. The summed E-state index contributed by atoms with van der Waals surface area (Å²) >= 11 is 3.30. The van der Waals surface area contributed by atoms with E-state index < -0.39 is 11.2 Å². The van der Waals surface area contributed by atoms with Crippen molar-refractivity contribution in [1.82, 2.24) is 24.3 Å². The first-order chi connectivity index (χ1) is 13.4. The van der Waals surface area contributed by atoms with Crippen LogP contribution in [0.2, 0.25) is 0 Å². The van der Waals surface area contributed by atoms with Crippen LogP contribution in [0, 0.1) is 6.92 Å². The molecule has 0 aliphatic rings. The molecule has 4 rings (SSSR count). The third-order valence-electron chi connectivity index (χ3n) is 4.42. The molecule has 2 heterocycles. The van der Waals surface area contributed by atoms with Crippen LogP contribution in [-0.4, -0.2) is 29.5 Å². The Kier molecular flexibility index (Phi) is 4.60. The number of fused-ring (bicyclic) bond motifs is 1. The van der Waals surface area contributed by atoms with Crippen LogP contribution in [-0.2, 0) is 13.1 Å². The third-order valence-corrected chi connectivity index (χ3v) is 4.91. The second kappa shape index (κ2) is 7.08. The molecular formula is C19H16BrN5O3. The van der Waals surface area contributed by atoms with Gasteiger partial charge in [-0.2, -0.15) is 0 Å². The molecule has 0 saturated heterocycles. The summed E-state index contributed by atoms with van der Waals surface area (Å²) in [6, 6.07) is 13.0. The molecule has 2 aromatic heterocycles. The second-order valence-corrected chi connectivity index (χ2v) is 7.46. The van der Waals surface area contributed by atoms with Crippen LogP contribution >= 0.6 is 15.9 Å². The van der Waals surface area contributed by atoms with E-state index in [-0.39, 0.29) is 16.7 Å². The zero-order chi connectivity index (χ0) is 19.8. The summed E-state index contributed by atoms with van der Waals surface area (Å²) in [5.41, 5.74) is 1.61. The zero-order valence-electron chi connectivity index (χ0n) is 14.9. The summed E-state index contributed by atoms with van der Waals surface area (Å²) in [5, 5.41) is 18.4. The number of rotatable bonds is 4. The molecule has 0 aliphatic carbocycles. The van der Waals surface area contributed by atoms with E-state index in [0.717, 1.165) is 11.1 Å². The number of aromatic nitrogens is 5. The van der Waals surface area contributed by atoms with Gasteiger partial charge in [0.05, 0.1) is 30.2 Å². The first-order valence-electron chi connectivity index (χ1n) is 8.51. The summed E-state index contributed by atoms with van der Waals surface area (Å²) < 4.78 is 3.77. The minimum Gasteiger partial charge on any atom is -0.421 e. The van der Waals surface area contributed by atoms with E-state index in [2.05, 4.69) is 32.3 Å². The van der Waals surface area contributed by atoms with Crippen LogP contribution in [0.1, 0.15) is 16.8 Å². The van der Waals surface area contributed by atoms with Gasteiger partial charge in [0.15, 0.2) is 0 Å². The molecule has 9 heteroatoms. The molecule has 0 unspecified atom stereocenters. The number of halogens is 1. The smallest absolute Gasteiger partial charge is 0.365 e. The predicted octanol–water partition coefficient (Wildman–Crippen LogP) is 2.16. The van der Waals surface area contributed by atoms with Gasteiger partial charge in [0, 0.05) is 4.47 Å². The highest BCUT2D eigenvalue weighted by atomic mass is 79.9. The fraction of sp³-hybridized carbons (Fsp3) is 0.158. The van der Waals surface area contributed by atoms with Crippen molar-refractivity contribution in [3.63, 3.8) is 0 Å². The van der Waals surface area contributed by atoms with Gasteiger partial charge in [-0.25, -0.2) is 9.48 Å². The molecule has 8 nitrogen and oxygen atoms in total. The molecule has 0 amide bonds. The monoisotopic (exact) mass is 441 g/mol. The predicted molar refractivity (Wildman–Crippen MR) is 107 cm³/mol. The average molecular weight is 442 g/mol. The molecule has 0 bridgehead atoms. The van der Waals surface area contributed by atoms with Crippen LogP contribution in [0.15, 0.2) is 62.7 Å². The van der Waals surface area contributed by atoms with E-state index in [0.29, 0.717) is 22.2 Å². The van der Waals surface area contributed by atoms with E-state index >= 15 is 0 Å². The Morgan fingerprint density at radius 1 is 1.11 bits per heavy atom. The SMILES string of the molecule is Cc1cccc(Cn2cc(Cn3c(=O)n(O)c(=O)c4cc(Br)ccc43)nn2)c1. The van der Waals surface area contributed by atoms with Crippen molar-refractivity contribution >= 4 is 26.8 Å². The van der Waals surface area contributed by atoms with Gasteiger partial charge in [0.1, 0.15) is 5.69 Å². The Bertz CT molecular complexity index is 1310. The summed E-state index contributed by atoms with van der Waals surface area (Å²) in [6.07, 6.45) is 1.74. The highest BCUT2D eigenvalue weighted by molar-refractivity contribution is 9.10. The van der Waals surface area contributed by atoms with Crippen molar-refractivity contribution < 1.29 is 5.21 Å². The molecule has 0 fully saturated rings. The number of hydrogen-bond donors (Lipinski definition) is 1. The maximum absolute atomic E-state index is 12.4. The molecule has 0 atom stereocenters. The lowest BCUT2D eigenvalue weighted by molar-refractivity contribution is 0.158. The Hall–Kier alpha value is -3.20. The Balaban J connectivity index is 1.70. The molecular weight excluding hydrogens is 426 g/mol. The lowest BCUT2D eigenvalue weighted by atomic mass is 10.1. The van der Waals surface area contributed by atoms with Crippen molar-refractivity contribution in [2.45, 2.75) is 20.0 Å². The topological polar surface area (TPSA) is 94.9 Å². The molecule has 1 N–H and O–H groups in total. The largest absolute Gasteiger partial charge is 0.421 e. The van der Waals surface area contributed by atoms with E-state index in [1.165, 1.54) is 4.57 Å². The summed E-state index contributed by atoms with van der Waals surface area (Å²) in [6.45, 7) is 2.65. The molecule has 0 spiro atoms. The zero-order valence-corrected chi connectivity index (χ0v) is 16.5. The summed E-state index contributed by atoms with van der Waals surface area (Å²) in [4.78, 5) is 24.6. The Morgan fingerprint density at radius 3 is 2.71 bits per heavy atom. The van der Waals surface area contributed by atoms with Crippen molar-refractivity contribution in [2.75, 3.05) is 0 Å². The van der Waals surface area contributed by atoms with Crippen molar-refractivity contribution in [2.24, 2.45) is 0 Å². The van der Waals surface area contributed by atoms with E-state index in [1.54, 1.807) is 29.1 Å². The molecule has 28 heavy (non-hydrogen) atoms. The van der Waals surface area contributed by atoms with Gasteiger partial charge in [-0.05, 0) is 30.7 Å². The summed E-state index contributed by atoms with van der Waals surface area (Å²) in [7, 11) is 0. The average Bonchev–Trinajstić information content (AvgIpc) is 3.10. The molecule has 4 aromatic rings. The standard InChI is InChI=1S/C19H16BrN5O3/c1-12-3-2-4-13(7-12)9-23-10-15(21-22-23)11-24-17-6-5-14(20)8-16(17)18(26)25(28)19(24)27/h2-8,10,28H,9,11H2,1H3. The van der Waals surface area contributed by atoms with Gasteiger partial charge >= 0.3 is 5.69 Å². The van der Waals surface area contributed by atoms with Crippen LogP contribution in [0.5, 0.6) is 0 Å². The molecule has 0 aliphatic heterocycles. The van der Waals surface area contributed by atoms with Crippen molar-refractivity contribution in [3.05, 3.63) is 90.8 Å². The van der Waals surface area contributed by atoms with Gasteiger partial charge in [0.25, 0.3) is 5.56 Å². The first-order valence-corrected chi connectivity index (χ1v) is 9.30. The van der Waals surface area contributed by atoms with Crippen molar-refractivity contribution in [3.8, 4) is 0 Å². The lowest BCUT2D eigenvalue weighted by Gasteiger charge is -2.09. The molecule has 2 aromatic carbocycles. The molecule has 0 saturated carbocycles. The normalized spacial score (nSPS) is 11.2. The lowest BCUT2D eigenvalue weighted by Crippen LogP contribution is -2.39. The molecule has 142 valence electrons. The van der Waals surface area contributed by atoms with Gasteiger partial charge < -0.3 is 5.21 Å². The fourth-order valence-electron chi connectivity index (χ4n) is 3.13. The highest BCUT2D eigenvalue weighted by Crippen LogP contribution is 2.16. The van der Waals surface area contributed by atoms with E-state index in [1.807, 2.05) is 25.1 Å². The maximum Gasteiger partial charge on any atom is 0.365 e. The third kappa shape index (κ3) is 3.36. The van der Waals surface area contributed by atoms with Gasteiger partial charge in [0.2, 0.25) is 0 Å². The van der Waals surface area contributed by atoms with Crippen LogP contribution in [0.3, 0.4) is 0 Å². The second-order valence-electron chi connectivity index (χ2n) is 6.54. The summed E-state index contributed by atoms with van der Waals surface area (Å²) in [5.74, 6) is 0. The number of hydrogen-bond acceptors (Lipinski definition) is 5. The van der Waals surface area contributed by atoms with E-state index in [9.17, 15) is 14.8 Å². The van der Waals surface area contributed by atoms with Crippen molar-refractivity contribution in [1.29, 1.82) is 0 Å². The number of nitrogens with zero attached hydrogens (tertiary/aromatic N) is 5. The number of aryl methyl sites for hydroxylation is 1. The first kappa shape index (κ1) is 18.2. The Morgan fingerprint density at radius 2 is 1.93 bits per heavy atom. The van der Waals surface area contributed by atoms with Crippen LogP contribution < -0.4 is 11.2 Å². The van der Waals surface area contributed by atoms with Gasteiger partial charge in [-0.15, -0.1) is 5.10 Å². The fourth-order valence-corrected chi connectivity index (χ4v) is 3.49. The minimum atomic E-state index is -0.826. The van der Waals surface area contributed by atoms with Crippen LogP contribution in [0.4, 0.5) is 0 Å². The van der Waals surface area contributed by atoms with Crippen LogP contribution in [0.25, 0.3) is 10.9 Å². The quantitative estimate of drug-likeness (QED) is 0.489. The minimum absolute atomic E-state index is 0.0750. The maximum atomic E-state index is 12.4. The van der Waals surface area contributed by atoms with E-state index in [4.69, 9.17) is 0 Å².